The largest absolute Gasteiger partial charge is 0.326 e. The van der Waals surface area contributed by atoms with Crippen LogP contribution < -0.4 is 5.32 Å². The molecule has 0 saturated heterocycles. The zero-order chi connectivity index (χ0) is 8.55. The van der Waals surface area contributed by atoms with E-state index in [1.807, 2.05) is 18.2 Å². The van der Waals surface area contributed by atoms with Gasteiger partial charge in [-0.15, -0.1) is 0 Å². The molecule has 3 heteroatoms. The number of fused-ring (bicyclic) bond motifs is 1. The van der Waals surface area contributed by atoms with Crippen molar-refractivity contribution in [2.75, 3.05) is 5.32 Å². The minimum atomic E-state index is 0.0846. The second-order valence-electron chi connectivity index (χ2n) is 2.87. The first-order valence-corrected chi connectivity index (χ1v) is 4.45. The van der Waals surface area contributed by atoms with Crippen molar-refractivity contribution in [3.05, 3.63) is 29.3 Å². The summed E-state index contributed by atoms with van der Waals surface area (Å²) in [5.74, 6) is 0.808. The highest BCUT2D eigenvalue weighted by Crippen LogP contribution is 2.24. The van der Waals surface area contributed by atoms with Crippen LogP contribution in [0.2, 0.25) is 0 Å². The Kier molecular flexibility index (Phi) is 1.81. The Labute approximate surface area is 76.4 Å². The normalized spacial score (nSPS) is 14.2. The lowest BCUT2D eigenvalue weighted by Gasteiger charge is -1.99. The van der Waals surface area contributed by atoms with Crippen molar-refractivity contribution in [2.45, 2.75) is 12.2 Å². The third kappa shape index (κ3) is 1.20. The fourth-order valence-corrected chi connectivity index (χ4v) is 1.58. The van der Waals surface area contributed by atoms with Gasteiger partial charge in [0.05, 0.1) is 6.42 Å². The van der Waals surface area contributed by atoms with Gasteiger partial charge in [-0.25, -0.2) is 0 Å². The van der Waals surface area contributed by atoms with E-state index < -0.39 is 0 Å². The van der Waals surface area contributed by atoms with Crippen LogP contribution in [0.1, 0.15) is 11.1 Å². The number of thiol groups is 1. The second kappa shape index (κ2) is 2.83. The molecule has 0 fully saturated rings. The summed E-state index contributed by atoms with van der Waals surface area (Å²) in [6.07, 6.45) is 0.511. The van der Waals surface area contributed by atoms with E-state index >= 15 is 0 Å². The number of hydrogen-bond acceptors (Lipinski definition) is 2. The van der Waals surface area contributed by atoms with Gasteiger partial charge in [0.2, 0.25) is 5.91 Å². The molecule has 0 bridgehead atoms. The van der Waals surface area contributed by atoms with Gasteiger partial charge in [0.1, 0.15) is 0 Å². The minimum Gasteiger partial charge on any atom is -0.326 e. The van der Waals surface area contributed by atoms with Gasteiger partial charge in [-0.1, -0.05) is 12.1 Å². The smallest absolute Gasteiger partial charge is 0.228 e. The molecule has 0 atom stereocenters. The summed E-state index contributed by atoms with van der Waals surface area (Å²) >= 11 is 4.17. The highest BCUT2D eigenvalue weighted by Gasteiger charge is 2.16. The molecule has 1 aromatic rings. The molecule has 1 N–H and O–H groups in total. The molecule has 1 heterocycles. The molecule has 1 aliphatic heterocycles. The molecule has 0 aliphatic carbocycles. The molecule has 0 saturated carbocycles. The predicted molar refractivity (Wildman–Crippen MR) is 51.5 cm³/mol. The fraction of sp³-hybridized carbons (Fsp3) is 0.222. The van der Waals surface area contributed by atoms with E-state index in [0.29, 0.717) is 6.42 Å². The quantitative estimate of drug-likeness (QED) is 0.630. The van der Waals surface area contributed by atoms with Crippen LogP contribution in [-0.4, -0.2) is 5.91 Å². The number of amides is 1. The van der Waals surface area contributed by atoms with Crippen molar-refractivity contribution in [1.29, 1.82) is 0 Å². The predicted octanol–water partition coefficient (Wildman–Crippen LogP) is 1.61. The SMILES string of the molecule is O=C1Cc2cc(CS)ccc2N1. The molecule has 12 heavy (non-hydrogen) atoms. The molecule has 2 rings (SSSR count). The molecular weight excluding hydrogens is 170 g/mol. The van der Waals surface area contributed by atoms with Crippen molar-refractivity contribution in [3.63, 3.8) is 0 Å². The molecule has 2 nitrogen and oxygen atoms in total. The summed E-state index contributed by atoms with van der Waals surface area (Å²) in [6, 6.07) is 5.95. The maximum atomic E-state index is 11.0. The van der Waals surface area contributed by atoms with Gasteiger partial charge in [-0.05, 0) is 17.2 Å². The van der Waals surface area contributed by atoms with Crippen molar-refractivity contribution in [3.8, 4) is 0 Å². The summed E-state index contributed by atoms with van der Waals surface area (Å²) < 4.78 is 0. The van der Waals surface area contributed by atoms with Crippen LogP contribution in [-0.2, 0) is 17.0 Å². The highest BCUT2D eigenvalue weighted by molar-refractivity contribution is 7.79. The summed E-state index contributed by atoms with van der Waals surface area (Å²) in [5.41, 5.74) is 3.20. The van der Waals surface area contributed by atoms with E-state index in [4.69, 9.17) is 0 Å². The number of benzene rings is 1. The van der Waals surface area contributed by atoms with E-state index in [1.54, 1.807) is 0 Å². The molecule has 0 aromatic heterocycles. The zero-order valence-corrected chi connectivity index (χ0v) is 7.40. The summed E-state index contributed by atoms with van der Waals surface area (Å²) in [4.78, 5) is 11.0. The molecule has 1 amide bonds. The van der Waals surface area contributed by atoms with Gasteiger partial charge in [0, 0.05) is 11.4 Å². The number of rotatable bonds is 1. The van der Waals surface area contributed by atoms with Crippen LogP contribution in [0.25, 0.3) is 0 Å². The van der Waals surface area contributed by atoms with E-state index in [0.717, 1.165) is 22.6 Å². The first kappa shape index (κ1) is 7.68. The van der Waals surface area contributed by atoms with Crippen LogP contribution in [0.5, 0.6) is 0 Å². The van der Waals surface area contributed by atoms with Crippen LogP contribution >= 0.6 is 12.6 Å². The van der Waals surface area contributed by atoms with E-state index in [9.17, 15) is 4.79 Å². The summed E-state index contributed by atoms with van der Waals surface area (Å²) in [7, 11) is 0. The Morgan fingerprint density at radius 2 is 2.33 bits per heavy atom. The van der Waals surface area contributed by atoms with Crippen molar-refractivity contribution in [2.24, 2.45) is 0 Å². The van der Waals surface area contributed by atoms with Gasteiger partial charge in [0.15, 0.2) is 0 Å². The molecule has 0 spiro atoms. The molecule has 0 unspecified atom stereocenters. The lowest BCUT2D eigenvalue weighted by Crippen LogP contribution is -2.03. The van der Waals surface area contributed by atoms with Gasteiger partial charge < -0.3 is 5.32 Å². The number of hydrogen-bond donors (Lipinski definition) is 2. The van der Waals surface area contributed by atoms with Crippen molar-refractivity contribution >= 4 is 24.2 Å². The molecular formula is C9H9NOS. The molecule has 1 aliphatic rings. The van der Waals surface area contributed by atoms with E-state index in [2.05, 4.69) is 17.9 Å². The maximum absolute atomic E-state index is 11.0. The Balaban J connectivity index is 2.41. The molecule has 1 aromatic carbocycles. The van der Waals surface area contributed by atoms with E-state index in [1.165, 1.54) is 0 Å². The maximum Gasteiger partial charge on any atom is 0.228 e. The Morgan fingerprint density at radius 3 is 3.08 bits per heavy atom. The minimum absolute atomic E-state index is 0.0846. The molecule has 62 valence electrons. The number of carbonyl (C=O) groups is 1. The fourth-order valence-electron chi connectivity index (χ4n) is 1.38. The number of carbonyl (C=O) groups excluding carboxylic acids is 1. The average Bonchev–Trinajstić information content (AvgIpc) is 2.43. The number of anilines is 1. The lowest BCUT2D eigenvalue weighted by molar-refractivity contribution is -0.115. The van der Waals surface area contributed by atoms with E-state index in [-0.39, 0.29) is 5.91 Å². The zero-order valence-electron chi connectivity index (χ0n) is 6.50. The van der Waals surface area contributed by atoms with Crippen molar-refractivity contribution in [1.82, 2.24) is 0 Å². The standard InChI is InChI=1S/C9H9NOS/c11-9-4-7-3-6(5-12)1-2-8(7)10-9/h1-3,12H,4-5H2,(H,10,11). The van der Waals surface area contributed by atoms with Crippen LogP contribution in [0.15, 0.2) is 18.2 Å². The number of nitrogens with one attached hydrogen (secondary N) is 1. The third-order valence-corrected chi connectivity index (χ3v) is 2.34. The van der Waals surface area contributed by atoms with Gasteiger partial charge >= 0.3 is 0 Å². The van der Waals surface area contributed by atoms with Gasteiger partial charge in [0.25, 0.3) is 0 Å². The van der Waals surface area contributed by atoms with Crippen LogP contribution in [0.3, 0.4) is 0 Å². The first-order valence-electron chi connectivity index (χ1n) is 3.82. The lowest BCUT2D eigenvalue weighted by atomic mass is 10.1. The second-order valence-corrected chi connectivity index (χ2v) is 3.19. The Bertz CT molecular complexity index is 335. The topological polar surface area (TPSA) is 29.1 Å². The molecule has 0 radical (unpaired) electrons. The van der Waals surface area contributed by atoms with Gasteiger partial charge in [-0.3, -0.25) is 4.79 Å². The van der Waals surface area contributed by atoms with Crippen LogP contribution in [0, 0.1) is 0 Å². The monoisotopic (exact) mass is 179 g/mol. The summed E-state index contributed by atoms with van der Waals surface area (Å²) in [5, 5.41) is 2.78. The third-order valence-electron chi connectivity index (χ3n) is 1.98. The average molecular weight is 179 g/mol. The summed E-state index contributed by atoms with van der Waals surface area (Å²) in [6.45, 7) is 0. The van der Waals surface area contributed by atoms with Crippen molar-refractivity contribution < 1.29 is 4.79 Å². The van der Waals surface area contributed by atoms with Gasteiger partial charge in [-0.2, -0.15) is 12.6 Å². The Morgan fingerprint density at radius 1 is 1.50 bits per heavy atom. The van der Waals surface area contributed by atoms with Crippen LogP contribution in [0.4, 0.5) is 5.69 Å². The highest BCUT2D eigenvalue weighted by atomic mass is 32.1. The first-order chi connectivity index (χ1) is 5.79. The Hall–Kier alpha value is -0.960.